The minimum atomic E-state index is -0.0989. The van der Waals surface area contributed by atoms with Gasteiger partial charge in [-0.15, -0.1) is 0 Å². The van der Waals surface area contributed by atoms with Crippen LogP contribution in [0.2, 0.25) is 0 Å². The Kier molecular flexibility index (Phi) is 4.18. The maximum absolute atomic E-state index is 12.1. The van der Waals surface area contributed by atoms with E-state index in [1.165, 1.54) is 0 Å². The Hall–Kier alpha value is -2.29. The molecule has 19 heavy (non-hydrogen) atoms. The van der Waals surface area contributed by atoms with E-state index in [4.69, 9.17) is 0 Å². The number of rotatable bonds is 3. The van der Waals surface area contributed by atoms with Crippen LogP contribution in [0, 0.1) is 6.92 Å². The number of nitrogens with one attached hydrogen (secondary N) is 1. The predicted molar refractivity (Wildman–Crippen MR) is 78.3 cm³/mol. The summed E-state index contributed by atoms with van der Waals surface area (Å²) in [4.78, 5) is 13.8. The van der Waals surface area contributed by atoms with E-state index in [1.807, 2.05) is 61.5 Å². The number of anilines is 1. The van der Waals surface area contributed by atoms with Crippen molar-refractivity contribution in [2.75, 3.05) is 11.9 Å². The lowest BCUT2D eigenvalue weighted by molar-refractivity contribution is 0.248. The van der Waals surface area contributed by atoms with Crippen LogP contribution in [-0.4, -0.2) is 13.1 Å². The van der Waals surface area contributed by atoms with Gasteiger partial charge in [-0.25, -0.2) is 4.79 Å². The molecule has 0 saturated carbocycles. The van der Waals surface area contributed by atoms with Crippen molar-refractivity contribution in [3.8, 4) is 0 Å². The molecule has 3 heteroatoms. The van der Waals surface area contributed by atoms with Crippen LogP contribution in [0.4, 0.5) is 10.5 Å². The Labute approximate surface area is 113 Å². The van der Waals surface area contributed by atoms with Crippen molar-refractivity contribution in [2.24, 2.45) is 0 Å². The third-order valence-electron chi connectivity index (χ3n) is 3.05. The molecule has 2 rings (SSSR count). The van der Waals surface area contributed by atoms with Crippen LogP contribution in [0.5, 0.6) is 0 Å². The average molecular weight is 254 g/mol. The van der Waals surface area contributed by atoms with Crippen LogP contribution in [0.15, 0.2) is 54.6 Å². The Morgan fingerprint density at radius 1 is 1.05 bits per heavy atom. The van der Waals surface area contributed by atoms with E-state index in [-0.39, 0.29) is 6.03 Å². The number of amides is 2. The van der Waals surface area contributed by atoms with E-state index in [2.05, 4.69) is 5.32 Å². The van der Waals surface area contributed by atoms with Crippen molar-refractivity contribution in [2.45, 2.75) is 13.5 Å². The molecule has 0 fully saturated rings. The fraction of sp³-hybridized carbons (Fsp3) is 0.188. The zero-order valence-corrected chi connectivity index (χ0v) is 11.3. The fourth-order valence-electron chi connectivity index (χ4n) is 2.03. The fourth-order valence-corrected chi connectivity index (χ4v) is 2.03. The van der Waals surface area contributed by atoms with Crippen LogP contribution >= 0.6 is 0 Å². The molecule has 0 unspecified atom stereocenters. The monoisotopic (exact) mass is 254 g/mol. The lowest BCUT2D eigenvalue weighted by Crippen LogP contribution is -2.38. The lowest BCUT2D eigenvalue weighted by Gasteiger charge is -2.24. The summed E-state index contributed by atoms with van der Waals surface area (Å²) in [7, 11) is 1.65. The maximum atomic E-state index is 12.1. The molecule has 0 aliphatic carbocycles. The largest absolute Gasteiger partial charge is 0.341 e. The Morgan fingerprint density at radius 3 is 2.32 bits per heavy atom. The van der Waals surface area contributed by atoms with Gasteiger partial charge in [0.2, 0.25) is 0 Å². The number of para-hydroxylation sites is 1. The number of carbonyl (C=O) groups is 1. The minimum absolute atomic E-state index is 0.0989. The summed E-state index contributed by atoms with van der Waals surface area (Å²) < 4.78 is 0. The van der Waals surface area contributed by atoms with Crippen LogP contribution in [0.25, 0.3) is 0 Å². The van der Waals surface area contributed by atoms with Crippen molar-refractivity contribution < 1.29 is 4.79 Å². The van der Waals surface area contributed by atoms with Crippen LogP contribution in [0.3, 0.4) is 0 Å². The first-order valence-electron chi connectivity index (χ1n) is 6.31. The predicted octanol–water partition coefficient (Wildman–Crippen LogP) is 3.34. The van der Waals surface area contributed by atoms with Crippen molar-refractivity contribution in [3.63, 3.8) is 0 Å². The molecule has 0 bridgehead atoms. The summed E-state index contributed by atoms with van der Waals surface area (Å²) in [5, 5.41) is 2.70. The molecule has 0 aliphatic rings. The molecule has 0 heterocycles. The first-order valence-corrected chi connectivity index (χ1v) is 6.31. The smallest absolute Gasteiger partial charge is 0.321 e. The van der Waals surface area contributed by atoms with Gasteiger partial charge >= 0.3 is 6.03 Å². The molecule has 0 radical (unpaired) electrons. The number of nitrogens with zero attached hydrogens (tertiary/aromatic N) is 1. The number of hydrogen-bond acceptors (Lipinski definition) is 1. The summed E-state index contributed by atoms with van der Waals surface area (Å²) in [6, 6.07) is 17.8. The molecule has 2 aromatic carbocycles. The quantitative estimate of drug-likeness (QED) is 0.895. The van der Waals surface area contributed by atoms with Gasteiger partial charge in [0.05, 0.1) is 6.54 Å². The molecule has 0 aliphatic heterocycles. The van der Waals surface area contributed by atoms with Crippen molar-refractivity contribution in [3.05, 3.63) is 65.7 Å². The first kappa shape index (κ1) is 13.1. The number of benzene rings is 2. The minimum Gasteiger partial charge on any atom is -0.341 e. The van der Waals surface area contributed by atoms with Crippen molar-refractivity contribution >= 4 is 11.7 Å². The van der Waals surface area contributed by atoms with E-state index >= 15 is 0 Å². The van der Waals surface area contributed by atoms with Gasteiger partial charge in [0.1, 0.15) is 0 Å². The summed E-state index contributed by atoms with van der Waals surface area (Å²) in [5.41, 5.74) is 3.13. The van der Waals surface area contributed by atoms with Gasteiger partial charge in [-0.05, 0) is 24.1 Å². The second kappa shape index (κ2) is 6.05. The normalized spacial score (nSPS) is 10.0. The second-order valence-electron chi connectivity index (χ2n) is 4.41. The van der Waals surface area contributed by atoms with Gasteiger partial charge in [0.25, 0.3) is 0 Å². The zero-order chi connectivity index (χ0) is 13.7. The molecular weight excluding hydrogens is 236 g/mol. The van der Waals surface area contributed by atoms with Crippen LogP contribution in [-0.2, 0) is 6.54 Å². The highest BCUT2D eigenvalue weighted by Gasteiger charge is 2.16. The number of hydrogen-bond donors (Lipinski definition) is 1. The van der Waals surface area contributed by atoms with E-state index in [0.717, 1.165) is 16.8 Å². The molecule has 0 aromatic heterocycles. The number of aryl methyl sites for hydroxylation is 1. The molecule has 2 amide bonds. The van der Waals surface area contributed by atoms with Crippen molar-refractivity contribution in [1.82, 2.24) is 5.32 Å². The van der Waals surface area contributed by atoms with Gasteiger partial charge in [-0.1, -0.05) is 48.5 Å². The second-order valence-corrected chi connectivity index (χ2v) is 4.41. The Morgan fingerprint density at radius 2 is 1.68 bits per heavy atom. The first-order chi connectivity index (χ1) is 9.22. The Bertz CT molecular complexity index is 552. The standard InChI is InChI=1S/C16H18N2O/c1-13-8-6-7-11-15(13)18(16(19)17-2)12-14-9-4-3-5-10-14/h3-11H,12H2,1-2H3,(H,17,19). The molecule has 2 aromatic rings. The number of carbonyl (C=O) groups excluding carboxylic acids is 1. The van der Waals surface area contributed by atoms with Gasteiger partial charge in [0.15, 0.2) is 0 Å². The van der Waals surface area contributed by atoms with Gasteiger partial charge in [-0.2, -0.15) is 0 Å². The van der Waals surface area contributed by atoms with Gasteiger partial charge in [-0.3, -0.25) is 4.90 Å². The lowest BCUT2D eigenvalue weighted by atomic mass is 10.1. The summed E-state index contributed by atoms with van der Waals surface area (Å²) in [6.45, 7) is 2.57. The van der Waals surface area contributed by atoms with Crippen LogP contribution in [0.1, 0.15) is 11.1 Å². The SMILES string of the molecule is CNC(=O)N(Cc1ccccc1)c1ccccc1C. The van der Waals surface area contributed by atoms with Gasteiger partial charge in [0, 0.05) is 12.7 Å². The zero-order valence-electron chi connectivity index (χ0n) is 11.3. The van der Waals surface area contributed by atoms with Crippen LogP contribution < -0.4 is 10.2 Å². The average Bonchev–Trinajstić information content (AvgIpc) is 2.46. The molecule has 0 spiro atoms. The molecule has 98 valence electrons. The molecule has 1 N–H and O–H groups in total. The van der Waals surface area contributed by atoms with E-state index in [0.29, 0.717) is 6.54 Å². The summed E-state index contributed by atoms with van der Waals surface area (Å²) in [5.74, 6) is 0. The molecule has 3 nitrogen and oxygen atoms in total. The summed E-state index contributed by atoms with van der Waals surface area (Å²) >= 11 is 0. The van der Waals surface area contributed by atoms with Crippen molar-refractivity contribution in [1.29, 1.82) is 0 Å². The number of urea groups is 1. The summed E-state index contributed by atoms with van der Waals surface area (Å²) in [6.07, 6.45) is 0. The topological polar surface area (TPSA) is 32.3 Å². The highest BCUT2D eigenvalue weighted by Crippen LogP contribution is 2.21. The van der Waals surface area contributed by atoms with E-state index < -0.39 is 0 Å². The molecule has 0 atom stereocenters. The van der Waals surface area contributed by atoms with E-state index in [1.54, 1.807) is 11.9 Å². The third kappa shape index (κ3) is 3.13. The maximum Gasteiger partial charge on any atom is 0.321 e. The third-order valence-corrected chi connectivity index (χ3v) is 3.05. The highest BCUT2D eigenvalue weighted by atomic mass is 16.2. The van der Waals surface area contributed by atoms with E-state index in [9.17, 15) is 4.79 Å². The Balaban J connectivity index is 2.32. The van der Waals surface area contributed by atoms with Gasteiger partial charge < -0.3 is 5.32 Å². The molecule has 0 saturated heterocycles. The highest BCUT2D eigenvalue weighted by molar-refractivity contribution is 5.92. The molecular formula is C16H18N2O.